The number of amides is 1. The van der Waals surface area contributed by atoms with E-state index in [1.807, 2.05) is 35.2 Å². The van der Waals surface area contributed by atoms with Crippen LogP contribution in [0.2, 0.25) is 0 Å². The lowest BCUT2D eigenvalue weighted by atomic mass is 9.96. The van der Waals surface area contributed by atoms with E-state index in [9.17, 15) is 13.6 Å². The number of aromatic amines is 1. The number of piperidine rings is 1. The molecule has 1 aliphatic heterocycles. The minimum absolute atomic E-state index is 0.00483. The molecule has 2 aromatic heterocycles. The lowest BCUT2D eigenvalue weighted by Crippen LogP contribution is -2.40. The van der Waals surface area contributed by atoms with Crippen LogP contribution in [0.4, 0.5) is 8.78 Å². The monoisotopic (exact) mass is 441 g/mol. The summed E-state index contributed by atoms with van der Waals surface area (Å²) in [5, 5.41) is 0.168. The van der Waals surface area contributed by atoms with Crippen molar-refractivity contribution >= 4 is 39.7 Å². The maximum Gasteiger partial charge on any atom is 0.291 e. The van der Waals surface area contributed by atoms with Crippen LogP contribution in [0, 0.1) is 0 Å². The summed E-state index contributed by atoms with van der Waals surface area (Å²) in [6.45, 7) is 1.24. The Morgan fingerprint density at radius 1 is 1.06 bits per heavy atom. The van der Waals surface area contributed by atoms with Crippen molar-refractivity contribution < 1.29 is 13.6 Å². The molecule has 1 amide bonds. The molecule has 31 heavy (non-hydrogen) atoms. The highest BCUT2D eigenvalue weighted by Crippen LogP contribution is 2.30. The molecular formula is C22H21F2N5OS. The van der Waals surface area contributed by atoms with Crippen LogP contribution in [0.1, 0.15) is 24.6 Å². The van der Waals surface area contributed by atoms with Crippen LogP contribution in [-0.4, -0.2) is 49.2 Å². The molecule has 160 valence electrons. The van der Waals surface area contributed by atoms with Crippen molar-refractivity contribution in [2.45, 2.75) is 36.2 Å². The van der Waals surface area contributed by atoms with Crippen LogP contribution in [0.3, 0.4) is 0 Å². The number of H-pyrrole nitrogens is 1. The number of carbonyl (C=O) groups is 1. The Kier molecular flexibility index (Phi) is 5.35. The zero-order chi connectivity index (χ0) is 21.4. The summed E-state index contributed by atoms with van der Waals surface area (Å²) in [6, 6.07) is 15.1. The number of rotatable bonds is 5. The molecule has 0 spiro atoms. The van der Waals surface area contributed by atoms with Gasteiger partial charge in [-0.1, -0.05) is 24.3 Å². The molecule has 0 aliphatic carbocycles. The van der Waals surface area contributed by atoms with E-state index < -0.39 is 5.76 Å². The number of alkyl halides is 2. The second-order valence-electron chi connectivity index (χ2n) is 7.64. The molecule has 0 radical (unpaired) electrons. The number of thioether (sulfide) groups is 1. The van der Waals surface area contributed by atoms with Crippen LogP contribution < -0.4 is 0 Å². The number of benzene rings is 2. The van der Waals surface area contributed by atoms with Gasteiger partial charge < -0.3 is 14.5 Å². The van der Waals surface area contributed by atoms with Gasteiger partial charge in [0.1, 0.15) is 12.4 Å². The third-order valence-electron chi connectivity index (χ3n) is 5.75. The number of para-hydroxylation sites is 4. The molecule has 4 aromatic rings. The number of fused-ring (bicyclic) bond motifs is 2. The molecule has 3 heterocycles. The average molecular weight is 442 g/mol. The lowest BCUT2D eigenvalue weighted by Gasteiger charge is -2.31. The van der Waals surface area contributed by atoms with Crippen molar-refractivity contribution in [3.05, 3.63) is 54.4 Å². The summed E-state index contributed by atoms with van der Waals surface area (Å²) in [5.41, 5.74) is 3.28. The number of aromatic nitrogens is 4. The van der Waals surface area contributed by atoms with Crippen LogP contribution in [0.25, 0.3) is 22.1 Å². The van der Waals surface area contributed by atoms with Gasteiger partial charge in [-0.3, -0.25) is 4.79 Å². The van der Waals surface area contributed by atoms with Gasteiger partial charge in [-0.05, 0) is 48.9 Å². The molecule has 1 saturated heterocycles. The van der Waals surface area contributed by atoms with E-state index >= 15 is 0 Å². The topological polar surface area (TPSA) is 66.8 Å². The molecule has 0 saturated carbocycles. The molecule has 0 bridgehead atoms. The molecule has 9 heteroatoms. The molecular weight excluding hydrogens is 420 g/mol. The van der Waals surface area contributed by atoms with Crippen LogP contribution >= 0.6 is 11.8 Å². The van der Waals surface area contributed by atoms with E-state index in [2.05, 4.69) is 9.97 Å². The Bertz CT molecular complexity index is 1200. The molecule has 5 rings (SSSR count). The van der Waals surface area contributed by atoms with Crippen molar-refractivity contribution in [3.8, 4) is 0 Å². The van der Waals surface area contributed by atoms with Gasteiger partial charge in [0.05, 0.1) is 22.1 Å². The summed E-state index contributed by atoms with van der Waals surface area (Å²) < 4.78 is 27.6. The Hall–Kier alpha value is -2.94. The quantitative estimate of drug-likeness (QED) is 0.459. The first kappa shape index (κ1) is 20.0. The van der Waals surface area contributed by atoms with E-state index in [0.29, 0.717) is 35.9 Å². The van der Waals surface area contributed by atoms with Gasteiger partial charge in [0.25, 0.3) is 5.76 Å². The number of likely N-dealkylation sites (tertiary alicyclic amines) is 1. The number of hydrogen-bond donors (Lipinski definition) is 1. The molecule has 2 aromatic carbocycles. The largest absolute Gasteiger partial charge is 0.342 e. The molecule has 1 fully saturated rings. The molecule has 0 unspecified atom stereocenters. The summed E-state index contributed by atoms with van der Waals surface area (Å²) in [5.74, 6) is -1.44. The Balaban J connectivity index is 1.29. The van der Waals surface area contributed by atoms with E-state index in [0.717, 1.165) is 29.7 Å². The van der Waals surface area contributed by atoms with E-state index in [4.69, 9.17) is 4.98 Å². The second kappa shape index (κ2) is 8.30. The minimum Gasteiger partial charge on any atom is -0.342 e. The van der Waals surface area contributed by atoms with Crippen molar-refractivity contribution in [2.75, 3.05) is 13.1 Å². The van der Waals surface area contributed by atoms with Gasteiger partial charge in [-0.25, -0.2) is 9.97 Å². The van der Waals surface area contributed by atoms with Crippen LogP contribution in [-0.2, 0) is 11.3 Å². The fourth-order valence-corrected chi connectivity index (χ4v) is 4.78. The Morgan fingerprint density at radius 3 is 2.52 bits per heavy atom. The standard InChI is InChI=1S/C22H21F2N5OS/c23-21(24)31-22-27-17-7-3-4-8-18(17)29(22)13-19(30)28-11-9-14(10-12-28)20-25-15-5-1-2-6-16(15)26-20/h1-8,14,21H,9-13H2,(H,25,26). The number of nitrogens with zero attached hydrogens (tertiary/aromatic N) is 4. The maximum atomic E-state index is 13.0. The van der Waals surface area contributed by atoms with Gasteiger partial charge in [0.2, 0.25) is 5.91 Å². The summed E-state index contributed by atoms with van der Waals surface area (Å²) in [4.78, 5) is 27.2. The number of nitrogens with one attached hydrogen (secondary N) is 1. The molecule has 0 atom stereocenters. The lowest BCUT2D eigenvalue weighted by molar-refractivity contribution is -0.133. The van der Waals surface area contributed by atoms with Gasteiger partial charge in [-0.2, -0.15) is 8.78 Å². The summed E-state index contributed by atoms with van der Waals surface area (Å²) >= 11 is 0.374. The van der Waals surface area contributed by atoms with Gasteiger partial charge in [0, 0.05) is 19.0 Å². The highest BCUT2D eigenvalue weighted by molar-refractivity contribution is 7.99. The predicted molar refractivity (Wildman–Crippen MR) is 116 cm³/mol. The number of halogens is 2. The summed E-state index contributed by atoms with van der Waals surface area (Å²) in [7, 11) is 0. The van der Waals surface area contributed by atoms with Crippen molar-refractivity contribution in [1.82, 2.24) is 24.4 Å². The third-order valence-corrected chi connectivity index (χ3v) is 6.45. The predicted octanol–water partition coefficient (Wildman–Crippen LogP) is 4.63. The average Bonchev–Trinajstić information content (AvgIpc) is 3.35. The van der Waals surface area contributed by atoms with Gasteiger partial charge in [-0.15, -0.1) is 0 Å². The first-order chi connectivity index (χ1) is 15.1. The third kappa shape index (κ3) is 4.01. The Labute approximate surface area is 181 Å². The zero-order valence-electron chi connectivity index (χ0n) is 16.7. The second-order valence-corrected chi connectivity index (χ2v) is 8.60. The van der Waals surface area contributed by atoms with Crippen molar-refractivity contribution in [3.63, 3.8) is 0 Å². The SMILES string of the molecule is O=C(Cn1c(SC(F)F)nc2ccccc21)N1CCC(c2nc3ccccc3[nH]2)CC1. The first-order valence-electron chi connectivity index (χ1n) is 10.2. The molecule has 1 aliphatic rings. The summed E-state index contributed by atoms with van der Waals surface area (Å²) in [6.07, 6.45) is 1.63. The minimum atomic E-state index is -2.59. The van der Waals surface area contributed by atoms with Crippen LogP contribution in [0.5, 0.6) is 0 Å². The van der Waals surface area contributed by atoms with Crippen molar-refractivity contribution in [2.24, 2.45) is 0 Å². The normalized spacial score (nSPS) is 15.4. The number of imidazole rings is 2. The maximum absolute atomic E-state index is 13.0. The smallest absolute Gasteiger partial charge is 0.291 e. The van der Waals surface area contributed by atoms with Gasteiger partial charge >= 0.3 is 0 Å². The van der Waals surface area contributed by atoms with Crippen LogP contribution in [0.15, 0.2) is 53.7 Å². The Morgan fingerprint density at radius 2 is 1.77 bits per heavy atom. The van der Waals surface area contributed by atoms with Crippen molar-refractivity contribution in [1.29, 1.82) is 0 Å². The van der Waals surface area contributed by atoms with E-state index in [1.165, 1.54) is 0 Å². The number of hydrogen-bond acceptors (Lipinski definition) is 4. The zero-order valence-corrected chi connectivity index (χ0v) is 17.5. The highest BCUT2D eigenvalue weighted by atomic mass is 32.2. The molecule has 1 N–H and O–H groups in total. The van der Waals surface area contributed by atoms with E-state index in [1.54, 1.807) is 22.8 Å². The van der Waals surface area contributed by atoms with E-state index in [-0.39, 0.29) is 23.5 Å². The number of carbonyl (C=O) groups excluding carboxylic acids is 1. The fraction of sp³-hybridized carbons (Fsp3) is 0.318. The fourth-order valence-electron chi connectivity index (χ4n) is 4.18. The first-order valence-corrected chi connectivity index (χ1v) is 11.1. The van der Waals surface area contributed by atoms with Gasteiger partial charge in [0.15, 0.2) is 5.16 Å². The molecule has 6 nitrogen and oxygen atoms in total. The highest BCUT2D eigenvalue weighted by Gasteiger charge is 2.27.